The van der Waals surface area contributed by atoms with Gasteiger partial charge < -0.3 is 14.5 Å². The Kier molecular flexibility index (Phi) is 3.82. The smallest absolute Gasteiger partial charge is 0.236 e. The summed E-state index contributed by atoms with van der Waals surface area (Å²) < 4.78 is 7.37. The summed E-state index contributed by atoms with van der Waals surface area (Å²) in [5, 5.41) is 0. The molecule has 1 fully saturated rings. The number of hydrogen-bond donors (Lipinski definition) is 0. The van der Waals surface area contributed by atoms with Crippen LogP contribution in [-0.4, -0.2) is 54.8 Å². The predicted octanol–water partition coefficient (Wildman–Crippen LogP) is 2.30. The number of hydrogen-bond acceptors (Lipinski definition) is 5. The second kappa shape index (κ2) is 6.13. The van der Waals surface area contributed by atoms with Gasteiger partial charge in [-0.15, -0.1) is 0 Å². The standard InChI is InChI=1S/C18H21N5O/c1-21(2)15-5-3-14(4-6-15)16-13-23-8-7-17(20-18(23)19-16)22-9-11-24-12-10-22/h3-8,13H,9-12H2,1-2H3. The van der Waals surface area contributed by atoms with Gasteiger partial charge in [0.1, 0.15) is 5.82 Å². The van der Waals surface area contributed by atoms with Crippen LogP contribution >= 0.6 is 0 Å². The zero-order valence-corrected chi connectivity index (χ0v) is 14.0. The molecule has 124 valence electrons. The minimum absolute atomic E-state index is 0.727. The molecule has 1 aliphatic rings. The molecule has 6 heteroatoms. The van der Waals surface area contributed by atoms with E-state index in [9.17, 15) is 0 Å². The number of ether oxygens (including phenoxy) is 1. The third-order valence-electron chi connectivity index (χ3n) is 4.33. The van der Waals surface area contributed by atoms with Crippen molar-refractivity contribution in [1.29, 1.82) is 0 Å². The molecule has 1 saturated heterocycles. The fourth-order valence-corrected chi connectivity index (χ4v) is 2.90. The van der Waals surface area contributed by atoms with Crippen LogP contribution < -0.4 is 9.80 Å². The maximum Gasteiger partial charge on any atom is 0.236 e. The number of nitrogens with zero attached hydrogens (tertiary/aromatic N) is 5. The number of benzene rings is 1. The summed E-state index contributed by atoms with van der Waals surface area (Å²) in [6, 6.07) is 10.4. The molecule has 0 saturated carbocycles. The number of fused-ring (bicyclic) bond motifs is 1. The second-order valence-electron chi connectivity index (χ2n) is 6.16. The second-order valence-corrected chi connectivity index (χ2v) is 6.16. The molecule has 4 rings (SSSR count). The van der Waals surface area contributed by atoms with E-state index in [1.807, 2.05) is 37.0 Å². The predicted molar refractivity (Wildman–Crippen MR) is 95.8 cm³/mol. The highest BCUT2D eigenvalue weighted by Crippen LogP contribution is 2.23. The van der Waals surface area contributed by atoms with Crippen molar-refractivity contribution in [3.8, 4) is 11.3 Å². The van der Waals surface area contributed by atoms with Gasteiger partial charge in [0.15, 0.2) is 0 Å². The van der Waals surface area contributed by atoms with Crippen molar-refractivity contribution < 1.29 is 4.74 Å². The third kappa shape index (κ3) is 2.80. The molecule has 0 unspecified atom stereocenters. The summed E-state index contributed by atoms with van der Waals surface area (Å²) in [5.41, 5.74) is 3.21. The molecule has 0 spiro atoms. The molecular formula is C18H21N5O. The zero-order chi connectivity index (χ0) is 16.5. The first-order valence-electron chi connectivity index (χ1n) is 8.17. The monoisotopic (exact) mass is 323 g/mol. The van der Waals surface area contributed by atoms with Gasteiger partial charge in [-0.25, -0.2) is 4.98 Å². The van der Waals surface area contributed by atoms with Crippen molar-refractivity contribution in [3.05, 3.63) is 42.7 Å². The lowest BCUT2D eigenvalue weighted by molar-refractivity contribution is 0.122. The van der Waals surface area contributed by atoms with Crippen LogP contribution in [0, 0.1) is 0 Å². The molecule has 0 atom stereocenters. The number of morpholine rings is 1. The van der Waals surface area contributed by atoms with Gasteiger partial charge in [0.05, 0.1) is 18.9 Å². The van der Waals surface area contributed by atoms with E-state index in [4.69, 9.17) is 14.7 Å². The number of aromatic nitrogens is 3. The fraction of sp³-hybridized carbons (Fsp3) is 0.333. The Morgan fingerprint density at radius 1 is 1.00 bits per heavy atom. The molecule has 0 radical (unpaired) electrons. The van der Waals surface area contributed by atoms with Gasteiger partial charge >= 0.3 is 0 Å². The topological polar surface area (TPSA) is 45.9 Å². The molecule has 0 amide bonds. The number of anilines is 2. The lowest BCUT2D eigenvalue weighted by atomic mass is 10.1. The van der Waals surface area contributed by atoms with E-state index in [0.717, 1.165) is 49.2 Å². The Morgan fingerprint density at radius 3 is 2.46 bits per heavy atom. The SMILES string of the molecule is CN(C)c1ccc(-c2cn3ccc(N4CCOCC4)nc3n2)cc1. The highest BCUT2D eigenvalue weighted by molar-refractivity contribution is 5.65. The summed E-state index contributed by atoms with van der Waals surface area (Å²) >= 11 is 0. The third-order valence-corrected chi connectivity index (χ3v) is 4.33. The fourth-order valence-electron chi connectivity index (χ4n) is 2.90. The Hall–Kier alpha value is -2.60. The zero-order valence-electron chi connectivity index (χ0n) is 14.0. The average Bonchev–Trinajstić information content (AvgIpc) is 3.06. The van der Waals surface area contributed by atoms with Crippen molar-refractivity contribution in [1.82, 2.24) is 14.4 Å². The van der Waals surface area contributed by atoms with E-state index in [1.54, 1.807) is 0 Å². The molecule has 0 N–H and O–H groups in total. The van der Waals surface area contributed by atoms with Gasteiger partial charge in [0, 0.05) is 50.8 Å². The van der Waals surface area contributed by atoms with E-state index in [1.165, 1.54) is 5.69 Å². The van der Waals surface area contributed by atoms with Gasteiger partial charge in [-0.1, -0.05) is 12.1 Å². The highest BCUT2D eigenvalue weighted by atomic mass is 16.5. The van der Waals surface area contributed by atoms with Crippen LogP contribution in [0.1, 0.15) is 0 Å². The first-order valence-corrected chi connectivity index (χ1v) is 8.17. The Balaban J connectivity index is 1.65. The van der Waals surface area contributed by atoms with Crippen molar-refractivity contribution in [2.24, 2.45) is 0 Å². The Morgan fingerprint density at radius 2 is 1.75 bits per heavy atom. The van der Waals surface area contributed by atoms with Crippen molar-refractivity contribution in [3.63, 3.8) is 0 Å². The van der Waals surface area contributed by atoms with Crippen LogP contribution in [0.3, 0.4) is 0 Å². The summed E-state index contributed by atoms with van der Waals surface area (Å²) in [6.45, 7) is 3.26. The van der Waals surface area contributed by atoms with Crippen LogP contribution in [0.2, 0.25) is 0 Å². The molecule has 2 aromatic heterocycles. The highest BCUT2D eigenvalue weighted by Gasteiger charge is 2.14. The average molecular weight is 323 g/mol. The van der Waals surface area contributed by atoms with Crippen molar-refractivity contribution >= 4 is 17.3 Å². The molecule has 0 aliphatic carbocycles. The first-order chi connectivity index (χ1) is 11.7. The van der Waals surface area contributed by atoms with E-state index >= 15 is 0 Å². The van der Waals surface area contributed by atoms with Crippen LogP contribution in [0.15, 0.2) is 42.7 Å². The number of imidazole rings is 1. The largest absolute Gasteiger partial charge is 0.378 e. The van der Waals surface area contributed by atoms with Crippen LogP contribution in [-0.2, 0) is 4.74 Å². The molecule has 1 aliphatic heterocycles. The van der Waals surface area contributed by atoms with Crippen molar-refractivity contribution in [2.75, 3.05) is 50.2 Å². The van der Waals surface area contributed by atoms with Gasteiger partial charge in [0.2, 0.25) is 5.78 Å². The van der Waals surface area contributed by atoms with Crippen molar-refractivity contribution in [2.45, 2.75) is 0 Å². The summed E-state index contributed by atoms with van der Waals surface area (Å²) in [5.74, 6) is 1.69. The van der Waals surface area contributed by atoms with E-state index in [0.29, 0.717) is 0 Å². The number of rotatable bonds is 3. The normalized spacial score (nSPS) is 15.0. The minimum Gasteiger partial charge on any atom is -0.378 e. The lowest BCUT2D eigenvalue weighted by Crippen LogP contribution is -2.36. The minimum atomic E-state index is 0.727. The molecule has 1 aromatic carbocycles. The summed E-state index contributed by atoms with van der Waals surface area (Å²) in [6.07, 6.45) is 4.05. The van der Waals surface area contributed by atoms with Crippen LogP contribution in [0.25, 0.3) is 17.0 Å². The lowest BCUT2D eigenvalue weighted by Gasteiger charge is -2.27. The molecule has 3 aromatic rings. The molecule has 3 heterocycles. The van der Waals surface area contributed by atoms with Gasteiger partial charge in [0.25, 0.3) is 0 Å². The maximum absolute atomic E-state index is 5.40. The van der Waals surface area contributed by atoms with Gasteiger partial charge in [-0.05, 0) is 18.2 Å². The van der Waals surface area contributed by atoms with Gasteiger partial charge in [-0.3, -0.25) is 4.40 Å². The van der Waals surface area contributed by atoms with E-state index < -0.39 is 0 Å². The molecule has 6 nitrogen and oxygen atoms in total. The van der Waals surface area contributed by atoms with Crippen LogP contribution in [0.4, 0.5) is 11.5 Å². The molecule has 0 bridgehead atoms. The molecule has 24 heavy (non-hydrogen) atoms. The Labute approximate surface area is 141 Å². The maximum atomic E-state index is 5.40. The molecular weight excluding hydrogens is 302 g/mol. The Bertz CT molecular complexity index is 834. The summed E-state index contributed by atoms with van der Waals surface area (Å²) in [4.78, 5) is 13.7. The summed E-state index contributed by atoms with van der Waals surface area (Å²) in [7, 11) is 4.08. The first kappa shape index (κ1) is 15.0. The quantitative estimate of drug-likeness (QED) is 0.740. The van der Waals surface area contributed by atoms with Crippen LogP contribution in [0.5, 0.6) is 0 Å². The van der Waals surface area contributed by atoms with E-state index in [-0.39, 0.29) is 0 Å². The van der Waals surface area contributed by atoms with Gasteiger partial charge in [-0.2, -0.15) is 4.98 Å². The van der Waals surface area contributed by atoms with E-state index in [2.05, 4.69) is 34.1 Å².